The molecule has 3 nitrogen and oxygen atoms in total. The van der Waals surface area contributed by atoms with E-state index in [4.69, 9.17) is 34.8 Å². The zero-order chi connectivity index (χ0) is 18.0. The van der Waals surface area contributed by atoms with Crippen molar-refractivity contribution >= 4 is 40.9 Å². The number of hydrogen-bond donors (Lipinski definition) is 1. The molecule has 0 aliphatic carbocycles. The summed E-state index contributed by atoms with van der Waals surface area (Å²) in [4.78, 5) is 4.08. The summed E-state index contributed by atoms with van der Waals surface area (Å²) in [6, 6.07) is 14.3. The van der Waals surface area contributed by atoms with E-state index in [1.54, 1.807) is 60.3 Å². The predicted molar refractivity (Wildman–Crippen MR) is 103 cm³/mol. The highest BCUT2D eigenvalue weighted by atomic mass is 35.5. The smallest absolute Gasteiger partial charge is 0.202 e. The molecule has 1 heterocycles. The monoisotopic (exact) mass is 392 g/mol. The first-order chi connectivity index (χ1) is 11.9. The summed E-state index contributed by atoms with van der Waals surface area (Å²) in [5.74, 6) is 0. The molecule has 1 N–H and O–H groups in total. The van der Waals surface area contributed by atoms with Crippen molar-refractivity contribution in [3.63, 3.8) is 0 Å². The predicted octanol–water partition coefficient (Wildman–Crippen LogP) is 5.33. The Bertz CT molecular complexity index is 901. The van der Waals surface area contributed by atoms with Crippen molar-refractivity contribution in [1.29, 1.82) is 0 Å². The summed E-state index contributed by atoms with van der Waals surface area (Å²) >= 11 is 18.0. The van der Waals surface area contributed by atoms with Crippen molar-refractivity contribution in [2.45, 2.75) is 5.60 Å². The number of benzene rings is 2. The number of imidazole rings is 1. The van der Waals surface area contributed by atoms with Crippen LogP contribution < -0.4 is 0 Å². The van der Waals surface area contributed by atoms with Crippen LogP contribution in [0.4, 0.5) is 0 Å². The van der Waals surface area contributed by atoms with Gasteiger partial charge in [0.25, 0.3) is 0 Å². The van der Waals surface area contributed by atoms with E-state index in [9.17, 15) is 5.11 Å². The molecular weight excluding hydrogens is 379 g/mol. The normalized spacial score (nSPS) is 14.0. The lowest BCUT2D eigenvalue weighted by Crippen LogP contribution is -2.27. The van der Waals surface area contributed by atoms with Gasteiger partial charge in [-0.1, -0.05) is 53.5 Å². The maximum Gasteiger partial charge on any atom is 0.202 e. The van der Waals surface area contributed by atoms with E-state index in [0.717, 1.165) is 5.56 Å². The molecule has 0 aliphatic heterocycles. The zero-order valence-corrected chi connectivity index (χ0v) is 15.6. The van der Waals surface area contributed by atoms with E-state index >= 15 is 0 Å². The third kappa shape index (κ3) is 3.75. The van der Waals surface area contributed by atoms with Crippen molar-refractivity contribution in [3.8, 4) is 0 Å². The van der Waals surface area contributed by atoms with E-state index in [-0.39, 0.29) is 0 Å². The first-order valence-corrected chi connectivity index (χ1v) is 8.64. The lowest BCUT2D eigenvalue weighted by molar-refractivity contribution is 0.127. The summed E-state index contributed by atoms with van der Waals surface area (Å²) in [5.41, 5.74) is 0.691. The van der Waals surface area contributed by atoms with Crippen LogP contribution in [-0.4, -0.2) is 14.7 Å². The summed E-state index contributed by atoms with van der Waals surface area (Å²) in [6.45, 7) is 0. The minimum Gasteiger partial charge on any atom is -0.375 e. The number of nitrogens with zero attached hydrogens (tertiary/aromatic N) is 2. The second-order valence-electron chi connectivity index (χ2n) is 5.63. The van der Waals surface area contributed by atoms with Gasteiger partial charge in [0.15, 0.2) is 0 Å². The van der Waals surface area contributed by atoms with Gasteiger partial charge in [-0.05, 0) is 53.1 Å². The lowest BCUT2D eigenvalue weighted by atomic mass is 9.89. The molecule has 1 unspecified atom stereocenters. The Morgan fingerprint density at radius 1 is 0.960 bits per heavy atom. The van der Waals surface area contributed by atoms with Gasteiger partial charge in [0.05, 0.1) is 11.9 Å². The van der Waals surface area contributed by atoms with Gasteiger partial charge in [0.2, 0.25) is 5.28 Å². The third-order valence-corrected chi connectivity index (χ3v) is 4.85. The average molecular weight is 394 g/mol. The molecule has 3 aromatic rings. The summed E-state index contributed by atoms with van der Waals surface area (Å²) in [6.07, 6.45) is 5.09. The number of rotatable bonds is 4. The Kier molecular flexibility index (Phi) is 5.21. The fourth-order valence-corrected chi connectivity index (χ4v) is 2.96. The molecule has 0 saturated carbocycles. The van der Waals surface area contributed by atoms with Gasteiger partial charge in [0, 0.05) is 17.1 Å². The Morgan fingerprint density at radius 3 is 2.04 bits per heavy atom. The molecule has 6 heteroatoms. The minimum atomic E-state index is -1.42. The topological polar surface area (TPSA) is 38.0 Å². The van der Waals surface area contributed by atoms with Crippen LogP contribution in [0.2, 0.25) is 15.3 Å². The first kappa shape index (κ1) is 18.0. The van der Waals surface area contributed by atoms with Gasteiger partial charge < -0.3 is 9.67 Å². The number of aromatic nitrogens is 2. The van der Waals surface area contributed by atoms with Crippen molar-refractivity contribution in [3.05, 3.63) is 93.0 Å². The van der Waals surface area contributed by atoms with Crippen LogP contribution in [0, 0.1) is 0 Å². The summed E-state index contributed by atoms with van der Waals surface area (Å²) in [5, 5.41) is 13.0. The molecule has 128 valence electrons. The standard InChI is InChI=1S/C19H15Cl3N2O/c1-24-17(12-23-18(24)22)19(25,14-4-8-16(21)9-5-14)11-10-13-2-6-15(20)7-3-13/h2-12,25H,1H3/b11-10+. The van der Waals surface area contributed by atoms with Crippen LogP contribution in [0.3, 0.4) is 0 Å². The average Bonchev–Trinajstić information content (AvgIpc) is 2.94. The van der Waals surface area contributed by atoms with Gasteiger partial charge >= 0.3 is 0 Å². The van der Waals surface area contributed by atoms with E-state index in [0.29, 0.717) is 26.6 Å². The molecule has 0 saturated heterocycles. The number of hydrogen-bond acceptors (Lipinski definition) is 2. The van der Waals surface area contributed by atoms with Crippen molar-refractivity contribution in [2.24, 2.45) is 7.05 Å². The highest BCUT2D eigenvalue weighted by molar-refractivity contribution is 6.30. The number of halogens is 3. The largest absolute Gasteiger partial charge is 0.375 e. The molecule has 2 aromatic carbocycles. The Labute approximate surface area is 161 Å². The van der Waals surface area contributed by atoms with Gasteiger partial charge in [0.1, 0.15) is 5.60 Å². The third-order valence-electron chi connectivity index (χ3n) is 3.99. The van der Waals surface area contributed by atoms with Crippen LogP contribution in [0.25, 0.3) is 6.08 Å². The van der Waals surface area contributed by atoms with Crippen LogP contribution >= 0.6 is 34.8 Å². The van der Waals surface area contributed by atoms with Crippen molar-refractivity contribution in [1.82, 2.24) is 9.55 Å². The highest BCUT2D eigenvalue weighted by Crippen LogP contribution is 2.33. The maximum atomic E-state index is 11.5. The first-order valence-electron chi connectivity index (χ1n) is 7.51. The fourth-order valence-electron chi connectivity index (χ4n) is 2.57. The molecule has 3 rings (SSSR count). The van der Waals surface area contributed by atoms with Gasteiger partial charge in [-0.2, -0.15) is 0 Å². The molecule has 0 radical (unpaired) electrons. The number of aliphatic hydroxyl groups is 1. The summed E-state index contributed by atoms with van der Waals surface area (Å²) < 4.78 is 1.64. The lowest BCUT2D eigenvalue weighted by Gasteiger charge is -2.26. The zero-order valence-electron chi connectivity index (χ0n) is 13.3. The molecule has 1 atom stereocenters. The second kappa shape index (κ2) is 7.22. The Morgan fingerprint density at radius 2 is 1.52 bits per heavy atom. The molecule has 1 aromatic heterocycles. The van der Waals surface area contributed by atoms with E-state index in [1.807, 2.05) is 18.2 Å². The van der Waals surface area contributed by atoms with Crippen molar-refractivity contribution < 1.29 is 5.11 Å². The summed E-state index contributed by atoms with van der Waals surface area (Å²) in [7, 11) is 1.75. The molecule has 0 bridgehead atoms. The van der Waals surface area contributed by atoms with E-state index in [1.165, 1.54) is 0 Å². The van der Waals surface area contributed by atoms with Crippen molar-refractivity contribution in [2.75, 3.05) is 0 Å². The van der Waals surface area contributed by atoms with Gasteiger partial charge in [-0.15, -0.1) is 0 Å². The minimum absolute atomic E-state index is 0.294. The highest BCUT2D eigenvalue weighted by Gasteiger charge is 2.32. The Hall–Kier alpha value is -1.78. The molecule has 0 amide bonds. The van der Waals surface area contributed by atoms with Gasteiger partial charge in [-0.3, -0.25) is 0 Å². The molecule has 0 aliphatic rings. The van der Waals surface area contributed by atoms with E-state index < -0.39 is 5.60 Å². The molecule has 0 spiro atoms. The van der Waals surface area contributed by atoms with Crippen LogP contribution in [0.5, 0.6) is 0 Å². The van der Waals surface area contributed by atoms with Crippen LogP contribution in [0.15, 0.2) is 60.8 Å². The molecular formula is C19H15Cl3N2O. The quantitative estimate of drug-likeness (QED) is 0.650. The van der Waals surface area contributed by atoms with Gasteiger partial charge in [-0.25, -0.2) is 4.98 Å². The SMILES string of the molecule is Cn1c(C(O)(/C=C/c2ccc(Cl)cc2)c2ccc(Cl)cc2)cnc1Cl. The van der Waals surface area contributed by atoms with Crippen LogP contribution in [0.1, 0.15) is 16.8 Å². The van der Waals surface area contributed by atoms with E-state index in [2.05, 4.69) is 4.98 Å². The maximum absolute atomic E-state index is 11.5. The second-order valence-corrected chi connectivity index (χ2v) is 6.84. The fraction of sp³-hybridized carbons (Fsp3) is 0.105. The molecule has 25 heavy (non-hydrogen) atoms. The Balaban J connectivity index is 2.10. The van der Waals surface area contributed by atoms with Crippen LogP contribution in [-0.2, 0) is 12.6 Å². The molecule has 0 fully saturated rings.